The van der Waals surface area contributed by atoms with E-state index in [4.69, 9.17) is 5.26 Å². The highest BCUT2D eigenvalue weighted by Gasteiger charge is 2.25. The third-order valence-corrected chi connectivity index (χ3v) is 3.05. The standard InChI is InChI=1S/C17H8F5NO2/c1-8-4-12(19)14(13(20)5-8)15(21)16(22)17(24)25-10-3-2-9(7-23)11(18)6-10/h2-6H,1H3. The molecule has 2 aromatic rings. The van der Waals surface area contributed by atoms with Crippen LogP contribution < -0.4 is 4.74 Å². The van der Waals surface area contributed by atoms with Gasteiger partial charge in [0.25, 0.3) is 0 Å². The number of hydrogen-bond acceptors (Lipinski definition) is 3. The Labute approximate surface area is 138 Å². The highest BCUT2D eigenvalue weighted by atomic mass is 19.2. The molecule has 8 heteroatoms. The van der Waals surface area contributed by atoms with Crippen LogP contribution in [0.1, 0.15) is 16.7 Å². The summed E-state index contributed by atoms with van der Waals surface area (Å²) in [5, 5.41) is 8.56. The Kier molecular flexibility index (Phi) is 5.17. The first kappa shape index (κ1) is 18.1. The molecule has 0 spiro atoms. The number of ether oxygens (including phenoxy) is 1. The first-order chi connectivity index (χ1) is 11.7. The summed E-state index contributed by atoms with van der Waals surface area (Å²) in [5.41, 5.74) is -1.58. The zero-order valence-corrected chi connectivity index (χ0v) is 12.5. The van der Waals surface area contributed by atoms with Gasteiger partial charge in [-0.05, 0) is 36.8 Å². The number of hydrogen-bond donors (Lipinski definition) is 0. The number of aryl methyl sites for hydroxylation is 1. The van der Waals surface area contributed by atoms with Gasteiger partial charge in [0, 0.05) is 6.07 Å². The molecule has 0 aromatic heterocycles. The molecule has 2 aromatic carbocycles. The molecule has 0 heterocycles. The van der Waals surface area contributed by atoms with Crippen LogP contribution in [-0.4, -0.2) is 5.97 Å². The van der Waals surface area contributed by atoms with Crippen molar-refractivity contribution in [2.45, 2.75) is 6.92 Å². The van der Waals surface area contributed by atoms with E-state index < -0.39 is 46.4 Å². The van der Waals surface area contributed by atoms with Crippen LogP contribution in [0, 0.1) is 35.7 Å². The number of nitriles is 1. The molecule has 0 aliphatic rings. The van der Waals surface area contributed by atoms with Gasteiger partial charge in [-0.15, -0.1) is 0 Å². The van der Waals surface area contributed by atoms with E-state index in [0.717, 1.165) is 24.3 Å². The first-order valence-electron chi connectivity index (χ1n) is 6.67. The van der Waals surface area contributed by atoms with Gasteiger partial charge in [-0.25, -0.2) is 22.4 Å². The van der Waals surface area contributed by atoms with Gasteiger partial charge in [-0.1, -0.05) is 0 Å². The van der Waals surface area contributed by atoms with E-state index >= 15 is 0 Å². The lowest BCUT2D eigenvalue weighted by molar-refractivity contribution is -0.131. The minimum atomic E-state index is -2.19. The van der Waals surface area contributed by atoms with Crippen LogP contribution in [0.5, 0.6) is 5.75 Å². The lowest BCUT2D eigenvalue weighted by Gasteiger charge is -2.07. The van der Waals surface area contributed by atoms with Crippen LogP contribution in [0.3, 0.4) is 0 Å². The van der Waals surface area contributed by atoms with Crippen LogP contribution in [0.4, 0.5) is 22.0 Å². The molecule has 0 aliphatic heterocycles. The quantitative estimate of drug-likeness (QED) is 0.353. The lowest BCUT2D eigenvalue weighted by atomic mass is 10.1. The summed E-state index contributed by atoms with van der Waals surface area (Å²) in [6.45, 7) is 1.33. The summed E-state index contributed by atoms with van der Waals surface area (Å²) >= 11 is 0. The SMILES string of the molecule is Cc1cc(F)c(C(F)=C(F)C(=O)Oc2ccc(C#N)c(F)c2)c(F)c1. The van der Waals surface area contributed by atoms with Crippen molar-refractivity contribution in [2.75, 3.05) is 0 Å². The van der Waals surface area contributed by atoms with E-state index in [0.29, 0.717) is 6.07 Å². The maximum atomic E-state index is 13.9. The molecular formula is C17H8F5NO2. The first-order valence-corrected chi connectivity index (χ1v) is 6.67. The average Bonchev–Trinajstić information content (AvgIpc) is 2.53. The minimum absolute atomic E-state index is 0.127. The van der Waals surface area contributed by atoms with E-state index in [-0.39, 0.29) is 11.1 Å². The highest BCUT2D eigenvalue weighted by Crippen LogP contribution is 2.28. The van der Waals surface area contributed by atoms with Crippen LogP contribution in [0.15, 0.2) is 36.2 Å². The summed E-state index contributed by atoms with van der Waals surface area (Å²) < 4.78 is 72.8. The molecule has 0 amide bonds. The molecule has 25 heavy (non-hydrogen) atoms. The van der Waals surface area contributed by atoms with E-state index in [1.54, 1.807) is 0 Å². The number of esters is 1. The Morgan fingerprint density at radius 2 is 1.64 bits per heavy atom. The molecule has 0 N–H and O–H groups in total. The predicted molar refractivity (Wildman–Crippen MR) is 77.0 cm³/mol. The number of nitrogens with zero attached hydrogens (tertiary/aromatic N) is 1. The Balaban J connectivity index is 2.34. The number of halogens is 5. The van der Waals surface area contributed by atoms with Gasteiger partial charge < -0.3 is 4.74 Å². The van der Waals surface area contributed by atoms with Crippen LogP contribution in [0.25, 0.3) is 5.83 Å². The monoisotopic (exact) mass is 353 g/mol. The van der Waals surface area contributed by atoms with Crippen molar-refractivity contribution in [2.24, 2.45) is 0 Å². The molecule has 0 atom stereocenters. The fourth-order valence-electron chi connectivity index (χ4n) is 1.91. The predicted octanol–water partition coefficient (Wildman–Crippen LogP) is 4.50. The Bertz CT molecular complexity index is 908. The van der Waals surface area contributed by atoms with Gasteiger partial charge in [-0.3, -0.25) is 0 Å². The molecule has 0 radical (unpaired) electrons. The molecule has 0 aliphatic carbocycles. The molecule has 0 unspecified atom stereocenters. The summed E-state index contributed by atoms with van der Waals surface area (Å²) in [6.07, 6.45) is 0. The number of benzene rings is 2. The van der Waals surface area contributed by atoms with Gasteiger partial charge in [0.05, 0.1) is 11.1 Å². The molecule has 0 saturated carbocycles. The van der Waals surface area contributed by atoms with Gasteiger partial charge in [0.2, 0.25) is 5.83 Å². The van der Waals surface area contributed by atoms with Crippen molar-refractivity contribution in [3.05, 3.63) is 70.3 Å². The molecule has 0 fully saturated rings. The fraction of sp³-hybridized carbons (Fsp3) is 0.0588. The smallest absolute Gasteiger partial charge is 0.375 e. The Hall–Kier alpha value is -3.21. The maximum Gasteiger partial charge on any atom is 0.375 e. The van der Waals surface area contributed by atoms with E-state index in [9.17, 15) is 26.7 Å². The van der Waals surface area contributed by atoms with E-state index in [1.807, 2.05) is 0 Å². The lowest BCUT2D eigenvalue weighted by Crippen LogP contribution is -2.10. The van der Waals surface area contributed by atoms with Crippen molar-refractivity contribution in [1.29, 1.82) is 5.26 Å². The molecular weight excluding hydrogens is 345 g/mol. The molecule has 0 saturated heterocycles. The molecule has 2 rings (SSSR count). The van der Waals surface area contributed by atoms with Crippen molar-refractivity contribution in [1.82, 2.24) is 0 Å². The van der Waals surface area contributed by atoms with Gasteiger partial charge >= 0.3 is 5.97 Å². The van der Waals surface area contributed by atoms with Gasteiger partial charge in [0.15, 0.2) is 5.83 Å². The van der Waals surface area contributed by atoms with Crippen molar-refractivity contribution < 1.29 is 31.5 Å². The van der Waals surface area contributed by atoms with E-state index in [1.165, 1.54) is 13.0 Å². The van der Waals surface area contributed by atoms with Crippen LogP contribution in [0.2, 0.25) is 0 Å². The summed E-state index contributed by atoms with van der Waals surface area (Å²) in [7, 11) is 0. The molecule has 0 bridgehead atoms. The normalized spacial score (nSPS) is 11.6. The summed E-state index contributed by atoms with van der Waals surface area (Å²) in [5.74, 6) is -10.6. The minimum Gasteiger partial charge on any atom is -0.421 e. The van der Waals surface area contributed by atoms with Gasteiger partial charge in [0.1, 0.15) is 29.3 Å². The molecule has 3 nitrogen and oxygen atoms in total. The van der Waals surface area contributed by atoms with Gasteiger partial charge in [-0.2, -0.15) is 9.65 Å². The second-order valence-corrected chi connectivity index (χ2v) is 4.87. The fourth-order valence-corrected chi connectivity index (χ4v) is 1.91. The highest BCUT2D eigenvalue weighted by molar-refractivity contribution is 5.95. The zero-order chi connectivity index (χ0) is 18.7. The summed E-state index contributed by atoms with van der Waals surface area (Å²) in [6, 6.07) is 5.56. The maximum absolute atomic E-state index is 13.9. The number of carbonyl (C=O) groups excluding carboxylic acids is 1. The van der Waals surface area contributed by atoms with Crippen molar-refractivity contribution >= 4 is 11.8 Å². The Morgan fingerprint density at radius 1 is 1.04 bits per heavy atom. The van der Waals surface area contributed by atoms with Crippen molar-refractivity contribution in [3.8, 4) is 11.8 Å². The number of rotatable bonds is 3. The third-order valence-electron chi connectivity index (χ3n) is 3.05. The summed E-state index contributed by atoms with van der Waals surface area (Å²) in [4.78, 5) is 11.6. The molecule has 128 valence electrons. The van der Waals surface area contributed by atoms with Crippen LogP contribution >= 0.6 is 0 Å². The largest absolute Gasteiger partial charge is 0.421 e. The second-order valence-electron chi connectivity index (χ2n) is 4.87. The second kappa shape index (κ2) is 7.13. The average molecular weight is 353 g/mol. The zero-order valence-electron chi connectivity index (χ0n) is 12.5. The third kappa shape index (κ3) is 3.83. The number of carbonyl (C=O) groups is 1. The topological polar surface area (TPSA) is 50.1 Å². The van der Waals surface area contributed by atoms with Crippen LogP contribution in [-0.2, 0) is 4.79 Å². The van der Waals surface area contributed by atoms with Crippen molar-refractivity contribution in [3.63, 3.8) is 0 Å². The van der Waals surface area contributed by atoms with E-state index in [2.05, 4.69) is 4.74 Å². The Morgan fingerprint density at radius 3 is 2.16 bits per heavy atom.